The molecule has 2 amide bonds. The first-order chi connectivity index (χ1) is 15.9. The topological polar surface area (TPSA) is 62.3 Å². The number of benzene rings is 2. The van der Waals surface area contributed by atoms with Crippen LogP contribution in [0.3, 0.4) is 0 Å². The number of hydrogen-bond donors (Lipinski definition) is 1. The van der Waals surface area contributed by atoms with E-state index in [0.29, 0.717) is 30.8 Å². The highest BCUT2D eigenvalue weighted by Gasteiger charge is 2.28. The van der Waals surface area contributed by atoms with Gasteiger partial charge in [-0.25, -0.2) is 4.39 Å². The summed E-state index contributed by atoms with van der Waals surface area (Å²) in [5, 5.41) is 2.92. The molecule has 1 N–H and O–H groups in total. The summed E-state index contributed by atoms with van der Waals surface area (Å²) in [4.78, 5) is 32.4. The molecule has 0 radical (unpaired) electrons. The Bertz CT molecular complexity index is 1160. The van der Waals surface area contributed by atoms with Crippen LogP contribution in [0.15, 0.2) is 65.1 Å². The number of rotatable bonds is 5. The molecule has 1 aliphatic heterocycles. The number of nitrogens with one attached hydrogen (secondary N) is 1. The molecule has 0 unspecified atom stereocenters. The number of carbonyl (C=O) groups excluding carboxylic acids is 2. The summed E-state index contributed by atoms with van der Waals surface area (Å²) in [6.07, 6.45) is 1.49. The van der Waals surface area contributed by atoms with E-state index in [1.54, 1.807) is 12.1 Å². The number of amides is 2. The zero-order chi connectivity index (χ0) is 23.4. The van der Waals surface area contributed by atoms with Crippen LogP contribution in [0.4, 0.5) is 4.39 Å². The average Bonchev–Trinajstić information content (AvgIpc) is 2.83. The van der Waals surface area contributed by atoms with Crippen molar-refractivity contribution in [1.29, 1.82) is 0 Å². The highest BCUT2D eigenvalue weighted by molar-refractivity contribution is 9.10. The Morgan fingerprint density at radius 3 is 2.52 bits per heavy atom. The van der Waals surface area contributed by atoms with Gasteiger partial charge in [-0.3, -0.25) is 14.6 Å². The molecule has 2 aromatic carbocycles. The van der Waals surface area contributed by atoms with E-state index in [1.807, 2.05) is 48.2 Å². The average molecular weight is 510 g/mol. The summed E-state index contributed by atoms with van der Waals surface area (Å²) < 4.78 is 14.0. The highest BCUT2D eigenvalue weighted by atomic mass is 79.9. The predicted octanol–water partition coefficient (Wildman–Crippen LogP) is 5.24. The molecule has 170 valence electrons. The minimum atomic E-state index is -0.306. The molecule has 0 saturated carbocycles. The molecule has 2 heterocycles. The largest absolute Gasteiger partial charge is 0.348 e. The lowest BCUT2D eigenvalue weighted by Gasteiger charge is -2.32. The van der Waals surface area contributed by atoms with Crippen molar-refractivity contribution in [1.82, 2.24) is 15.2 Å². The van der Waals surface area contributed by atoms with Gasteiger partial charge in [0.25, 0.3) is 11.8 Å². The van der Waals surface area contributed by atoms with Crippen LogP contribution in [0.25, 0.3) is 0 Å². The van der Waals surface area contributed by atoms with E-state index in [0.717, 1.165) is 34.3 Å². The molecule has 7 heteroatoms. The van der Waals surface area contributed by atoms with Gasteiger partial charge >= 0.3 is 0 Å². The van der Waals surface area contributed by atoms with Gasteiger partial charge < -0.3 is 10.2 Å². The molecule has 1 aliphatic rings. The van der Waals surface area contributed by atoms with Crippen molar-refractivity contribution in [2.24, 2.45) is 0 Å². The highest BCUT2D eigenvalue weighted by Crippen LogP contribution is 2.30. The van der Waals surface area contributed by atoms with Gasteiger partial charge in [0.2, 0.25) is 0 Å². The minimum Gasteiger partial charge on any atom is -0.348 e. The SMILES string of the molecule is Cc1ccc(C(=O)NCc2ccc(F)cc2)c(C2CCN(C(=O)c3cccc(Br)c3)CC2)n1. The second kappa shape index (κ2) is 10.3. The van der Waals surface area contributed by atoms with Crippen molar-refractivity contribution in [3.63, 3.8) is 0 Å². The van der Waals surface area contributed by atoms with Gasteiger partial charge in [0, 0.05) is 41.3 Å². The zero-order valence-corrected chi connectivity index (χ0v) is 19.9. The first kappa shape index (κ1) is 23.1. The van der Waals surface area contributed by atoms with Crippen LogP contribution in [-0.2, 0) is 6.54 Å². The Morgan fingerprint density at radius 2 is 1.82 bits per heavy atom. The summed E-state index contributed by atoms with van der Waals surface area (Å²) in [6, 6.07) is 17.1. The minimum absolute atomic E-state index is 0.0178. The standard InChI is InChI=1S/C26H25BrFN3O2/c1-17-5-10-23(25(32)29-16-18-6-8-22(28)9-7-18)24(30-17)19-11-13-31(14-12-19)26(33)20-3-2-4-21(27)15-20/h2-10,15,19H,11-14,16H2,1H3,(H,29,32). The van der Waals surface area contributed by atoms with Crippen LogP contribution in [0.5, 0.6) is 0 Å². The maximum absolute atomic E-state index is 13.1. The lowest BCUT2D eigenvalue weighted by molar-refractivity contribution is 0.0710. The number of carbonyl (C=O) groups is 2. The van der Waals surface area contributed by atoms with Crippen LogP contribution in [0.1, 0.15) is 56.4 Å². The molecule has 1 saturated heterocycles. The van der Waals surface area contributed by atoms with E-state index >= 15 is 0 Å². The van der Waals surface area contributed by atoms with Crippen LogP contribution in [0.2, 0.25) is 0 Å². The summed E-state index contributed by atoms with van der Waals surface area (Å²) in [5.74, 6) is -0.387. The number of halogens is 2. The first-order valence-electron chi connectivity index (χ1n) is 11.0. The molecule has 0 spiro atoms. The Balaban J connectivity index is 1.44. The van der Waals surface area contributed by atoms with Crippen LogP contribution < -0.4 is 5.32 Å². The molecule has 1 aromatic heterocycles. The summed E-state index contributed by atoms with van der Waals surface area (Å²) in [7, 11) is 0. The van der Waals surface area contributed by atoms with Gasteiger partial charge in [-0.05, 0) is 67.8 Å². The number of piperidine rings is 1. The van der Waals surface area contributed by atoms with Crippen LogP contribution in [0, 0.1) is 12.7 Å². The van der Waals surface area contributed by atoms with Crippen molar-refractivity contribution in [2.45, 2.75) is 32.2 Å². The molecule has 33 heavy (non-hydrogen) atoms. The maximum Gasteiger partial charge on any atom is 0.253 e. The van der Waals surface area contributed by atoms with Gasteiger partial charge in [-0.15, -0.1) is 0 Å². The van der Waals surface area contributed by atoms with Crippen LogP contribution >= 0.6 is 15.9 Å². The fraction of sp³-hybridized carbons (Fsp3) is 0.269. The molecular weight excluding hydrogens is 485 g/mol. The van der Waals surface area contributed by atoms with Crippen molar-refractivity contribution in [3.8, 4) is 0 Å². The normalized spacial score (nSPS) is 14.2. The maximum atomic E-state index is 13.1. The van der Waals surface area contributed by atoms with Gasteiger partial charge in [-0.2, -0.15) is 0 Å². The molecule has 1 fully saturated rings. The molecule has 5 nitrogen and oxygen atoms in total. The van der Waals surface area contributed by atoms with E-state index < -0.39 is 0 Å². The fourth-order valence-electron chi connectivity index (χ4n) is 4.12. The number of pyridine rings is 1. The van der Waals surface area contributed by atoms with Crippen molar-refractivity contribution in [2.75, 3.05) is 13.1 Å². The van der Waals surface area contributed by atoms with Gasteiger partial charge in [-0.1, -0.05) is 34.1 Å². The Kier molecular flexibility index (Phi) is 7.18. The second-order valence-corrected chi connectivity index (χ2v) is 9.19. The third kappa shape index (κ3) is 5.66. The third-order valence-electron chi connectivity index (χ3n) is 5.92. The van der Waals surface area contributed by atoms with Gasteiger partial charge in [0.05, 0.1) is 11.3 Å². The predicted molar refractivity (Wildman–Crippen MR) is 129 cm³/mol. The van der Waals surface area contributed by atoms with Crippen molar-refractivity contribution < 1.29 is 14.0 Å². The molecule has 3 aromatic rings. The summed E-state index contributed by atoms with van der Waals surface area (Å²) >= 11 is 3.42. The van der Waals surface area contributed by atoms with E-state index in [9.17, 15) is 14.0 Å². The second-order valence-electron chi connectivity index (χ2n) is 8.27. The molecule has 0 bridgehead atoms. The molecule has 0 atom stereocenters. The smallest absolute Gasteiger partial charge is 0.253 e. The van der Waals surface area contributed by atoms with E-state index in [1.165, 1.54) is 12.1 Å². The fourth-order valence-corrected chi connectivity index (χ4v) is 4.52. The summed E-state index contributed by atoms with van der Waals surface area (Å²) in [6.45, 7) is 3.45. The number of hydrogen-bond acceptors (Lipinski definition) is 3. The number of aromatic nitrogens is 1. The third-order valence-corrected chi connectivity index (χ3v) is 6.41. The Morgan fingerprint density at radius 1 is 1.09 bits per heavy atom. The quantitative estimate of drug-likeness (QED) is 0.511. The van der Waals surface area contributed by atoms with Crippen LogP contribution in [-0.4, -0.2) is 34.8 Å². The zero-order valence-electron chi connectivity index (χ0n) is 18.4. The van der Waals surface area contributed by atoms with E-state index in [-0.39, 0.29) is 23.5 Å². The number of aryl methyl sites for hydroxylation is 1. The Hall–Kier alpha value is -3.06. The summed E-state index contributed by atoms with van der Waals surface area (Å²) in [5.41, 5.74) is 3.68. The number of likely N-dealkylation sites (tertiary alicyclic amines) is 1. The molecular formula is C26H25BrFN3O2. The monoisotopic (exact) mass is 509 g/mol. The molecule has 0 aliphatic carbocycles. The first-order valence-corrected chi connectivity index (χ1v) is 11.7. The molecule has 4 rings (SSSR count). The van der Waals surface area contributed by atoms with Gasteiger partial charge in [0.1, 0.15) is 5.82 Å². The van der Waals surface area contributed by atoms with Crippen molar-refractivity contribution in [3.05, 3.63) is 99.0 Å². The lowest BCUT2D eigenvalue weighted by atomic mass is 9.89. The Labute approximate surface area is 201 Å². The van der Waals surface area contributed by atoms with E-state index in [4.69, 9.17) is 4.98 Å². The van der Waals surface area contributed by atoms with Gasteiger partial charge in [0.15, 0.2) is 0 Å². The van der Waals surface area contributed by atoms with E-state index in [2.05, 4.69) is 21.2 Å². The van der Waals surface area contributed by atoms with Crippen molar-refractivity contribution >= 4 is 27.7 Å². The lowest BCUT2D eigenvalue weighted by Crippen LogP contribution is -2.38. The number of nitrogens with zero attached hydrogens (tertiary/aromatic N) is 2.